The molecule has 1 aliphatic carbocycles. The molecule has 1 atom stereocenters. The highest BCUT2D eigenvalue weighted by atomic mass is 15.2. The lowest BCUT2D eigenvalue weighted by Gasteiger charge is -2.37. The molecule has 0 radical (unpaired) electrons. The van der Waals surface area contributed by atoms with Crippen LogP contribution in [0.15, 0.2) is 12.3 Å². The summed E-state index contributed by atoms with van der Waals surface area (Å²) in [5.74, 6) is 3.47. The second kappa shape index (κ2) is 4.87. The number of nitrogens with zero attached hydrogens (tertiary/aromatic N) is 3. The van der Waals surface area contributed by atoms with E-state index in [0.29, 0.717) is 5.92 Å². The smallest absolute Gasteiger partial charge is 0.133 e. The van der Waals surface area contributed by atoms with Crippen molar-refractivity contribution in [2.75, 3.05) is 11.4 Å². The van der Waals surface area contributed by atoms with Gasteiger partial charge in [0.25, 0.3) is 0 Å². The molecule has 1 saturated heterocycles. The van der Waals surface area contributed by atoms with Crippen LogP contribution in [0.4, 0.5) is 5.82 Å². The van der Waals surface area contributed by atoms with Gasteiger partial charge in [-0.15, -0.1) is 0 Å². The molecule has 1 aromatic heterocycles. The van der Waals surface area contributed by atoms with Crippen molar-refractivity contribution < 1.29 is 0 Å². The van der Waals surface area contributed by atoms with E-state index in [1.165, 1.54) is 38.6 Å². The van der Waals surface area contributed by atoms with E-state index in [1.54, 1.807) is 0 Å². The molecule has 0 bridgehead atoms. The van der Waals surface area contributed by atoms with E-state index >= 15 is 0 Å². The summed E-state index contributed by atoms with van der Waals surface area (Å²) in [4.78, 5) is 11.7. The highest BCUT2D eigenvalue weighted by Crippen LogP contribution is 2.38. The van der Waals surface area contributed by atoms with Crippen molar-refractivity contribution in [2.45, 2.75) is 57.9 Å². The lowest BCUT2D eigenvalue weighted by atomic mass is 9.79. The van der Waals surface area contributed by atoms with Crippen molar-refractivity contribution in [3.63, 3.8) is 0 Å². The van der Waals surface area contributed by atoms with Crippen LogP contribution in [0.5, 0.6) is 0 Å². The molecular formula is C15H23N3. The summed E-state index contributed by atoms with van der Waals surface area (Å²) in [5.41, 5.74) is 0. The molecular weight excluding hydrogens is 222 g/mol. The molecule has 3 rings (SSSR count). The van der Waals surface area contributed by atoms with Gasteiger partial charge in [-0.1, -0.05) is 20.3 Å². The Bertz CT molecular complexity index is 412. The Kier molecular flexibility index (Phi) is 3.23. The van der Waals surface area contributed by atoms with Gasteiger partial charge in [-0.25, -0.2) is 9.97 Å². The second-order valence-electron chi connectivity index (χ2n) is 6.02. The van der Waals surface area contributed by atoms with Gasteiger partial charge in [0.1, 0.15) is 11.6 Å². The largest absolute Gasteiger partial charge is 0.353 e. The Labute approximate surface area is 110 Å². The van der Waals surface area contributed by atoms with Crippen LogP contribution in [0.2, 0.25) is 0 Å². The molecule has 0 spiro atoms. The number of rotatable bonds is 3. The van der Waals surface area contributed by atoms with Gasteiger partial charge >= 0.3 is 0 Å². The van der Waals surface area contributed by atoms with Gasteiger partial charge in [0, 0.05) is 24.7 Å². The molecule has 1 saturated carbocycles. The predicted molar refractivity (Wildman–Crippen MR) is 73.8 cm³/mol. The quantitative estimate of drug-likeness (QED) is 0.817. The average Bonchev–Trinajstić information content (AvgIpc) is 2.76. The number of aromatic nitrogens is 2. The van der Waals surface area contributed by atoms with E-state index in [0.717, 1.165) is 23.6 Å². The summed E-state index contributed by atoms with van der Waals surface area (Å²) < 4.78 is 0. The molecule has 0 aromatic carbocycles. The molecule has 3 nitrogen and oxygen atoms in total. The second-order valence-corrected chi connectivity index (χ2v) is 6.02. The molecule has 0 amide bonds. The average molecular weight is 245 g/mol. The summed E-state index contributed by atoms with van der Waals surface area (Å²) in [5, 5.41) is 0. The van der Waals surface area contributed by atoms with Crippen LogP contribution in [0.25, 0.3) is 0 Å². The Morgan fingerprint density at radius 1 is 1.22 bits per heavy atom. The maximum absolute atomic E-state index is 4.76. The molecule has 2 aliphatic rings. The van der Waals surface area contributed by atoms with E-state index in [4.69, 9.17) is 4.98 Å². The number of hydrogen-bond acceptors (Lipinski definition) is 3. The Morgan fingerprint density at radius 3 is 2.72 bits per heavy atom. The van der Waals surface area contributed by atoms with Gasteiger partial charge in [-0.2, -0.15) is 0 Å². The minimum Gasteiger partial charge on any atom is -0.353 e. The van der Waals surface area contributed by atoms with Crippen molar-refractivity contribution >= 4 is 5.82 Å². The highest BCUT2D eigenvalue weighted by Gasteiger charge is 2.35. The molecule has 18 heavy (non-hydrogen) atoms. The van der Waals surface area contributed by atoms with Crippen LogP contribution >= 0.6 is 0 Å². The maximum atomic E-state index is 4.76. The van der Waals surface area contributed by atoms with E-state index < -0.39 is 0 Å². The lowest BCUT2D eigenvalue weighted by Crippen LogP contribution is -2.39. The zero-order chi connectivity index (χ0) is 12.5. The van der Waals surface area contributed by atoms with Gasteiger partial charge in [0.2, 0.25) is 0 Å². The van der Waals surface area contributed by atoms with Crippen LogP contribution < -0.4 is 4.90 Å². The van der Waals surface area contributed by atoms with Gasteiger partial charge < -0.3 is 4.90 Å². The van der Waals surface area contributed by atoms with Crippen molar-refractivity contribution in [1.82, 2.24) is 9.97 Å². The monoisotopic (exact) mass is 245 g/mol. The fourth-order valence-electron chi connectivity index (χ4n) is 3.19. The third kappa shape index (κ3) is 2.11. The van der Waals surface area contributed by atoms with Gasteiger partial charge in [-0.05, 0) is 37.7 Å². The first kappa shape index (κ1) is 11.9. The SMILES string of the molecule is CC(C)c1nccc(N2CCCC2C2CCC2)n1. The van der Waals surface area contributed by atoms with Crippen LogP contribution in [-0.2, 0) is 0 Å². The third-order valence-electron chi connectivity index (χ3n) is 4.46. The minimum absolute atomic E-state index is 0.412. The predicted octanol–water partition coefficient (Wildman–Crippen LogP) is 3.37. The molecule has 1 aromatic rings. The molecule has 2 heterocycles. The summed E-state index contributed by atoms with van der Waals surface area (Å²) in [6.07, 6.45) is 8.87. The fraction of sp³-hybridized carbons (Fsp3) is 0.733. The minimum atomic E-state index is 0.412. The van der Waals surface area contributed by atoms with Gasteiger partial charge in [0.15, 0.2) is 0 Å². The number of hydrogen-bond donors (Lipinski definition) is 0. The zero-order valence-corrected chi connectivity index (χ0v) is 11.5. The summed E-state index contributed by atoms with van der Waals surface area (Å²) in [7, 11) is 0. The molecule has 1 aliphatic heterocycles. The van der Waals surface area contributed by atoms with Crippen molar-refractivity contribution in [1.29, 1.82) is 0 Å². The molecule has 2 fully saturated rings. The van der Waals surface area contributed by atoms with E-state index in [1.807, 2.05) is 6.20 Å². The molecule has 98 valence electrons. The first-order chi connectivity index (χ1) is 8.75. The Morgan fingerprint density at radius 2 is 2.06 bits per heavy atom. The first-order valence-electron chi connectivity index (χ1n) is 7.35. The van der Waals surface area contributed by atoms with Crippen LogP contribution in [0.3, 0.4) is 0 Å². The Hall–Kier alpha value is -1.12. The van der Waals surface area contributed by atoms with Crippen LogP contribution in [-0.4, -0.2) is 22.6 Å². The lowest BCUT2D eigenvalue weighted by molar-refractivity contribution is 0.261. The summed E-state index contributed by atoms with van der Waals surface area (Å²) in [6, 6.07) is 2.83. The summed E-state index contributed by atoms with van der Waals surface area (Å²) in [6.45, 7) is 5.49. The van der Waals surface area contributed by atoms with E-state index in [-0.39, 0.29) is 0 Å². The standard InChI is InChI=1S/C15H23N3/c1-11(2)15-16-9-8-14(17-15)18-10-4-7-13(18)12-5-3-6-12/h8-9,11-13H,3-7,10H2,1-2H3. The first-order valence-corrected chi connectivity index (χ1v) is 7.35. The molecule has 3 heteroatoms. The van der Waals surface area contributed by atoms with Crippen LogP contribution in [0, 0.1) is 5.92 Å². The van der Waals surface area contributed by atoms with Crippen molar-refractivity contribution in [3.8, 4) is 0 Å². The van der Waals surface area contributed by atoms with Gasteiger partial charge in [-0.3, -0.25) is 0 Å². The van der Waals surface area contributed by atoms with E-state index in [2.05, 4.69) is 29.8 Å². The zero-order valence-electron chi connectivity index (χ0n) is 11.5. The molecule has 0 N–H and O–H groups in total. The topological polar surface area (TPSA) is 29.0 Å². The van der Waals surface area contributed by atoms with Crippen molar-refractivity contribution in [3.05, 3.63) is 18.1 Å². The summed E-state index contributed by atoms with van der Waals surface area (Å²) >= 11 is 0. The highest BCUT2D eigenvalue weighted by molar-refractivity contribution is 5.41. The van der Waals surface area contributed by atoms with Gasteiger partial charge in [0.05, 0.1) is 0 Å². The normalized spacial score (nSPS) is 24.6. The van der Waals surface area contributed by atoms with Crippen molar-refractivity contribution in [2.24, 2.45) is 5.92 Å². The Balaban J connectivity index is 1.82. The fourth-order valence-corrected chi connectivity index (χ4v) is 3.19. The molecule has 1 unspecified atom stereocenters. The third-order valence-corrected chi connectivity index (χ3v) is 4.46. The van der Waals surface area contributed by atoms with E-state index in [9.17, 15) is 0 Å². The maximum Gasteiger partial charge on any atom is 0.133 e. The van der Waals surface area contributed by atoms with Crippen LogP contribution in [0.1, 0.15) is 57.7 Å². The number of anilines is 1.